The van der Waals surface area contributed by atoms with Crippen molar-refractivity contribution >= 4 is 5.97 Å². The van der Waals surface area contributed by atoms with Gasteiger partial charge in [-0.3, -0.25) is 4.79 Å². The average Bonchev–Trinajstić information content (AvgIpc) is 2.22. The summed E-state index contributed by atoms with van der Waals surface area (Å²) >= 11 is 0. The monoisotopic (exact) mass is 232 g/mol. The van der Waals surface area contributed by atoms with Crippen LogP contribution in [0.1, 0.15) is 33.1 Å². The minimum Gasteiger partial charge on any atom is -0.466 e. The summed E-state index contributed by atoms with van der Waals surface area (Å²) in [5.41, 5.74) is 0. The molecule has 4 heteroatoms. The van der Waals surface area contributed by atoms with Gasteiger partial charge in [0.2, 0.25) is 0 Å². The van der Waals surface area contributed by atoms with Crippen molar-refractivity contribution in [2.45, 2.75) is 33.1 Å². The number of ether oxygens (including phenoxy) is 3. The summed E-state index contributed by atoms with van der Waals surface area (Å²) in [6.07, 6.45) is 2.07. The highest BCUT2D eigenvalue weighted by Gasteiger charge is 2.03. The van der Waals surface area contributed by atoms with E-state index in [1.807, 2.05) is 0 Å². The van der Waals surface area contributed by atoms with Crippen LogP contribution in [0.5, 0.6) is 0 Å². The van der Waals surface area contributed by atoms with E-state index in [4.69, 9.17) is 14.2 Å². The van der Waals surface area contributed by atoms with Crippen molar-refractivity contribution in [2.24, 2.45) is 5.92 Å². The molecule has 0 aromatic heterocycles. The molecule has 96 valence electrons. The number of rotatable bonds is 10. The Kier molecular flexibility index (Phi) is 10.5. The summed E-state index contributed by atoms with van der Waals surface area (Å²) in [4.78, 5) is 11.2. The summed E-state index contributed by atoms with van der Waals surface area (Å²) in [7, 11) is 1.63. The van der Waals surface area contributed by atoms with Gasteiger partial charge in [0.1, 0.15) is 0 Å². The van der Waals surface area contributed by atoms with E-state index in [-0.39, 0.29) is 5.97 Å². The molecule has 0 heterocycles. The highest BCUT2D eigenvalue weighted by Crippen LogP contribution is 2.01. The van der Waals surface area contributed by atoms with E-state index in [9.17, 15) is 4.79 Å². The first-order valence-electron chi connectivity index (χ1n) is 5.89. The van der Waals surface area contributed by atoms with Gasteiger partial charge in [-0.05, 0) is 18.8 Å². The Morgan fingerprint density at radius 2 is 1.88 bits per heavy atom. The van der Waals surface area contributed by atoms with Gasteiger partial charge in [0.15, 0.2) is 0 Å². The molecule has 0 spiro atoms. The molecule has 0 unspecified atom stereocenters. The van der Waals surface area contributed by atoms with E-state index in [0.29, 0.717) is 45.2 Å². The number of carbonyl (C=O) groups is 1. The van der Waals surface area contributed by atoms with Gasteiger partial charge in [0, 0.05) is 20.1 Å². The van der Waals surface area contributed by atoms with Gasteiger partial charge >= 0.3 is 5.97 Å². The predicted molar refractivity (Wildman–Crippen MR) is 62.3 cm³/mol. The third-order valence-corrected chi connectivity index (χ3v) is 2.06. The quantitative estimate of drug-likeness (QED) is 0.427. The molecule has 0 aromatic carbocycles. The van der Waals surface area contributed by atoms with E-state index in [1.54, 1.807) is 7.11 Å². The lowest BCUT2D eigenvalue weighted by Gasteiger charge is -2.07. The maximum atomic E-state index is 11.2. The van der Waals surface area contributed by atoms with Crippen molar-refractivity contribution in [3.05, 3.63) is 0 Å². The highest BCUT2D eigenvalue weighted by atomic mass is 16.5. The lowest BCUT2D eigenvalue weighted by atomic mass is 10.1. The van der Waals surface area contributed by atoms with Crippen molar-refractivity contribution in [3.8, 4) is 0 Å². The van der Waals surface area contributed by atoms with Gasteiger partial charge in [-0.25, -0.2) is 0 Å². The Labute approximate surface area is 98.3 Å². The van der Waals surface area contributed by atoms with Crippen molar-refractivity contribution in [1.82, 2.24) is 0 Å². The Balaban J connectivity index is 3.17. The first-order chi connectivity index (χ1) is 7.66. The van der Waals surface area contributed by atoms with E-state index in [1.165, 1.54) is 0 Å². The SMILES string of the molecule is COCCOCCCC(=O)OCCC(C)C. The molecule has 0 radical (unpaired) electrons. The van der Waals surface area contributed by atoms with Gasteiger partial charge in [-0.15, -0.1) is 0 Å². The van der Waals surface area contributed by atoms with E-state index < -0.39 is 0 Å². The maximum absolute atomic E-state index is 11.2. The largest absolute Gasteiger partial charge is 0.466 e. The molecule has 0 aliphatic heterocycles. The average molecular weight is 232 g/mol. The molecule has 0 atom stereocenters. The number of hydrogen-bond donors (Lipinski definition) is 0. The first-order valence-corrected chi connectivity index (χ1v) is 5.89. The van der Waals surface area contributed by atoms with Gasteiger partial charge in [-0.2, -0.15) is 0 Å². The fourth-order valence-corrected chi connectivity index (χ4v) is 1.04. The van der Waals surface area contributed by atoms with E-state index in [0.717, 1.165) is 6.42 Å². The van der Waals surface area contributed by atoms with Gasteiger partial charge < -0.3 is 14.2 Å². The lowest BCUT2D eigenvalue weighted by Crippen LogP contribution is -2.09. The third kappa shape index (κ3) is 11.5. The molecule has 0 saturated heterocycles. The zero-order valence-corrected chi connectivity index (χ0v) is 10.7. The fourth-order valence-electron chi connectivity index (χ4n) is 1.04. The predicted octanol–water partition coefficient (Wildman–Crippen LogP) is 2.02. The van der Waals surface area contributed by atoms with Crippen LogP contribution in [0.25, 0.3) is 0 Å². The molecule has 0 amide bonds. The number of esters is 1. The van der Waals surface area contributed by atoms with Crippen molar-refractivity contribution in [1.29, 1.82) is 0 Å². The van der Waals surface area contributed by atoms with Gasteiger partial charge in [0.05, 0.1) is 19.8 Å². The Hall–Kier alpha value is -0.610. The summed E-state index contributed by atoms with van der Waals surface area (Å²) < 4.78 is 15.1. The minimum atomic E-state index is -0.129. The fraction of sp³-hybridized carbons (Fsp3) is 0.917. The molecule has 0 fully saturated rings. The van der Waals surface area contributed by atoms with Crippen LogP contribution in [0.4, 0.5) is 0 Å². The molecular formula is C12H24O4. The second-order valence-corrected chi connectivity index (χ2v) is 4.11. The Morgan fingerprint density at radius 3 is 2.50 bits per heavy atom. The maximum Gasteiger partial charge on any atom is 0.305 e. The van der Waals surface area contributed by atoms with Crippen LogP contribution < -0.4 is 0 Å². The lowest BCUT2D eigenvalue weighted by molar-refractivity contribution is -0.144. The highest BCUT2D eigenvalue weighted by molar-refractivity contribution is 5.69. The van der Waals surface area contributed by atoms with Crippen LogP contribution in [0.3, 0.4) is 0 Å². The molecule has 16 heavy (non-hydrogen) atoms. The van der Waals surface area contributed by atoms with Crippen LogP contribution >= 0.6 is 0 Å². The molecule has 0 aromatic rings. The zero-order chi connectivity index (χ0) is 12.2. The van der Waals surface area contributed by atoms with Gasteiger partial charge in [-0.1, -0.05) is 13.8 Å². The number of hydrogen-bond acceptors (Lipinski definition) is 4. The second-order valence-electron chi connectivity index (χ2n) is 4.11. The summed E-state index contributed by atoms with van der Waals surface area (Å²) in [5, 5.41) is 0. The molecule has 0 N–H and O–H groups in total. The molecule has 0 aliphatic rings. The zero-order valence-electron chi connectivity index (χ0n) is 10.7. The minimum absolute atomic E-state index is 0.129. The number of methoxy groups -OCH3 is 1. The van der Waals surface area contributed by atoms with Crippen LogP contribution in [-0.2, 0) is 19.0 Å². The Bertz CT molecular complexity index is 168. The second kappa shape index (κ2) is 10.9. The van der Waals surface area contributed by atoms with Crippen LogP contribution in [-0.4, -0.2) is 39.5 Å². The first kappa shape index (κ1) is 15.4. The van der Waals surface area contributed by atoms with Crippen LogP contribution in [0.15, 0.2) is 0 Å². The molecule has 0 rings (SSSR count). The van der Waals surface area contributed by atoms with E-state index in [2.05, 4.69) is 13.8 Å². The van der Waals surface area contributed by atoms with Crippen LogP contribution in [0, 0.1) is 5.92 Å². The molecule has 0 bridgehead atoms. The summed E-state index contributed by atoms with van der Waals surface area (Å²) in [6.45, 7) is 6.51. The molecule has 4 nitrogen and oxygen atoms in total. The van der Waals surface area contributed by atoms with Gasteiger partial charge in [0.25, 0.3) is 0 Å². The number of carbonyl (C=O) groups excluding carboxylic acids is 1. The Morgan fingerprint density at radius 1 is 1.12 bits per heavy atom. The normalized spacial score (nSPS) is 10.8. The molecule has 0 aliphatic carbocycles. The molecular weight excluding hydrogens is 208 g/mol. The molecule has 0 saturated carbocycles. The smallest absolute Gasteiger partial charge is 0.305 e. The third-order valence-electron chi connectivity index (χ3n) is 2.06. The summed E-state index contributed by atoms with van der Waals surface area (Å²) in [6, 6.07) is 0. The topological polar surface area (TPSA) is 44.8 Å². The standard InChI is InChI=1S/C12H24O4/c1-11(2)6-8-16-12(13)5-4-7-15-10-9-14-3/h11H,4-10H2,1-3H3. The van der Waals surface area contributed by atoms with Crippen molar-refractivity contribution in [2.75, 3.05) is 33.5 Å². The van der Waals surface area contributed by atoms with E-state index >= 15 is 0 Å². The summed E-state index contributed by atoms with van der Waals surface area (Å²) in [5.74, 6) is 0.446. The van der Waals surface area contributed by atoms with Crippen LogP contribution in [0.2, 0.25) is 0 Å². The van der Waals surface area contributed by atoms with Crippen molar-refractivity contribution in [3.63, 3.8) is 0 Å². The van der Waals surface area contributed by atoms with Crippen molar-refractivity contribution < 1.29 is 19.0 Å².